The first-order valence-electron chi connectivity index (χ1n) is 7.75. The highest BCUT2D eigenvalue weighted by atomic mass is 32.2. The molecule has 0 N–H and O–H groups in total. The van der Waals surface area contributed by atoms with Crippen LogP contribution < -0.4 is 0 Å². The molecule has 2 aliphatic rings. The molecule has 0 bridgehead atoms. The summed E-state index contributed by atoms with van der Waals surface area (Å²) < 4.78 is 25.4. The molecule has 0 aromatic carbocycles. The third-order valence-corrected chi connectivity index (χ3v) is 6.30. The van der Waals surface area contributed by atoms with Gasteiger partial charge < -0.3 is 4.57 Å². The lowest BCUT2D eigenvalue weighted by Gasteiger charge is -2.21. The third-order valence-electron chi connectivity index (χ3n) is 4.67. The van der Waals surface area contributed by atoms with Crippen LogP contribution >= 0.6 is 0 Å². The van der Waals surface area contributed by atoms with Crippen molar-refractivity contribution in [3.8, 4) is 0 Å². The number of hydrogen-bond acceptors (Lipinski definition) is 4. The van der Waals surface area contributed by atoms with Gasteiger partial charge in [-0.25, -0.2) is 8.42 Å². The van der Waals surface area contributed by atoms with Crippen LogP contribution in [0.15, 0.2) is 0 Å². The highest BCUT2D eigenvalue weighted by molar-refractivity contribution is 7.91. The van der Waals surface area contributed by atoms with Crippen LogP contribution in [0.2, 0.25) is 0 Å². The molecule has 1 aromatic rings. The molecule has 0 amide bonds. The number of aryl methyl sites for hydroxylation is 2. The van der Waals surface area contributed by atoms with E-state index in [0.29, 0.717) is 13.0 Å². The molecule has 112 valence electrons. The van der Waals surface area contributed by atoms with E-state index in [2.05, 4.69) is 10.2 Å². The van der Waals surface area contributed by atoms with Crippen molar-refractivity contribution < 1.29 is 8.42 Å². The average molecular weight is 297 g/mol. The van der Waals surface area contributed by atoms with Gasteiger partial charge in [-0.15, -0.1) is 10.2 Å². The van der Waals surface area contributed by atoms with E-state index < -0.39 is 9.84 Å². The zero-order valence-electron chi connectivity index (χ0n) is 11.9. The molecule has 1 aromatic heterocycles. The second-order valence-corrected chi connectivity index (χ2v) is 8.43. The summed E-state index contributed by atoms with van der Waals surface area (Å²) in [4.78, 5) is 0. The Kier molecular flexibility index (Phi) is 4.10. The van der Waals surface area contributed by atoms with Gasteiger partial charge in [0.15, 0.2) is 9.84 Å². The molecule has 1 saturated carbocycles. The maximum absolute atomic E-state index is 11.7. The van der Waals surface area contributed by atoms with E-state index in [1.165, 1.54) is 38.5 Å². The molecule has 0 spiro atoms. The fourth-order valence-electron chi connectivity index (χ4n) is 3.39. The van der Waals surface area contributed by atoms with Crippen molar-refractivity contribution in [2.75, 3.05) is 11.5 Å². The van der Waals surface area contributed by atoms with Gasteiger partial charge in [0, 0.05) is 19.4 Å². The summed E-state index contributed by atoms with van der Waals surface area (Å²) in [7, 11) is -2.90. The quantitative estimate of drug-likeness (QED) is 0.853. The number of rotatable bonds is 3. The van der Waals surface area contributed by atoms with Gasteiger partial charge in [0.2, 0.25) is 0 Å². The molecule has 1 fully saturated rings. The monoisotopic (exact) mass is 297 g/mol. The van der Waals surface area contributed by atoms with E-state index in [0.717, 1.165) is 24.0 Å². The summed E-state index contributed by atoms with van der Waals surface area (Å²) >= 11 is 0. The van der Waals surface area contributed by atoms with Crippen LogP contribution in [0, 0.1) is 5.92 Å². The highest BCUT2D eigenvalue weighted by Gasteiger charge is 2.22. The molecule has 0 unspecified atom stereocenters. The minimum atomic E-state index is -2.90. The lowest BCUT2D eigenvalue weighted by molar-refractivity contribution is 0.336. The van der Waals surface area contributed by atoms with Gasteiger partial charge in [-0.05, 0) is 12.3 Å². The van der Waals surface area contributed by atoms with Crippen LogP contribution in [0.5, 0.6) is 0 Å². The van der Waals surface area contributed by atoms with E-state index in [1.807, 2.05) is 4.57 Å². The molecule has 0 saturated heterocycles. The van der Waals surface area contributed by atoms with E-state index in [-0.39, 0.29) is 11.5 Å². The Hall–Kier alpha value is -0.910. The average Bonchev–Trinajstić information content (AvgIpc) is 2.77. The predicted octanol–water partition coefficient (Wildman–Crippen LogP) is 1.76. The summed E-state index contributed by atoms with van der Waals surface area (Å²) in [5, 5.41) is 8.48. The smallest absolute Gasteiger partial charge is 0.152 e. The molecule has 1 aliphatic carbocycles. The maximum Gasteiger partial charge on any atom is 0.152 e. The minimum Gasteiger partial charge on any atom is -0.314 e. The van der Waals surface area contributed by atoms with E-state index in [4.69, 9.17) is 0 Å². The Morgan fingerprint density at radius 3 is 2.70 bits per heavy atom. The van der Waals surface area contributed by atoms with Crippen molar-refractivity contribution in [3.05, 3.63) is 11.6 Å². The summed E-state index contributed by atoms with van der Waals surface area (Å²) in [6.45, 7) is 0.532. The molecule has 0 atom stereocenters. The van der Waals surface area contributed by atoms with Crippen LogP contribution in [0.1, 0.15) is 50.2 Å². The number of fused-ring (bicyclic) bond motifs is 1. The van der Waals surface area contributed by atoms with Crippen molar-refractivity contribution in [2.45, 2.75) is 57.9 Å². The SMILES string of the molecule is O=S1(=O)CCc2nnc(CCC3CCCCC3)n2CC1. The van der Waals surface area contributed by atoms with Crippen LogP contribution in [0.3, 0.4) is 0 Å². The first-order chi connectivity index (χ1) is 9.64. The van der Waals surface area contributed by atoms with E-state index in [1.54, 1.807) is 0 Å². The largest absolute Gasteiger partial charge is 0.314 e. The maximum atomic E-state index is 11.7. The molecule has 0 radical (unpaired) electrons. The van der Waals surface area contributed by atoms with Crippen molar-refractivity contribution >= 4 is 9.84 Å². The Morgan fingerprint density at radius 2 is 1.90 bits per heavy atom. The highest BCUT2D eigenvalue weighted by Crippen LogP contribution is 2.27. The Labute approximate surface area is 120 Å². The van der Waals surface area contributed by atoms with E-state index >= 15 is 0 Å². The molecule has 20 heavy (non-hydrogen) atoms. The lowest BCUT2D eigenvalue weighted by Crippen LogP contribution is -2.14. The van der Waals surface area contributed by atoms with Crippen LogP contribution in [0.25, 0.3) is 0 Å². The van der Waals surface area contributed by atoms with Gasteiger partial charge in [-0.2, -0.15) is 0 Å². The number of aromatic nitrogens is 3. The van der Waals surface area contributed by atoms with Crippen LogP contribution in [-0.4, -0.2) is 34.7 Å². The summed E-state index contributed by atoms with van der Waals surface area (Å²) in [5.74, 6) is 3.11. The Bertz CT molecular complexity index is 559. The Balaban J connectivity index is 1.65. The molecular weight excluding hydrogens is 274 g/mol. The summed E-state index contributed by atoms with van der Waals surface area (Å²) in [5.41, 5.74) is 0. The molecule has 3 rings (SSSR count). The molecular formula is C14H23N3O2S. The van der Waals surface area contributed by atoms with Crippen molar-refractivity contribution in [1.29, 1.82) is 0 Å². The fraction of sp³-hybridized carbons (Fsp3) is 0.857. The lowest BCUT2D eigenvalue weighted by atomic mass is 9.86. The van der Waals surface area contributed by atoms with Gasteiger partial charge in [-0.3, -0.25) is 0 Å². The summed E-state index contributed by atoms with van der Waals surface area (Å²) in [6, 6.07) is 0. The molecule has 6 heteroatoms. The topological polar surface area (TPSA) is 64.8 Å². The number of hydrogen-bond donors (Lipinski definition) is 0. The fourth-order valence-corrected chi connectivity index (χ4v) is 4.55. The van der Waals surface area contributed by atoms with Crippen molar-refractivity contribution in [2.24, 2.45) is 5.92 Å². The Morgan fingerprint density at radius 1 is 1.10 bits per heavy atom. The minimum absolute atomic E-state index is 0.216. The first-order valence-corrected chi connectivity index (χ1v) is 9.57. The summed E-state index contributed by atoms with van der Waals surface area (Å²) in [6.07, 6.45) is 9.42. The van der Waals surface area contributed by atoms with Gasteiger partial charge in [-0.1, -0.05) is 32.1 Å². The zero-order chi connectivity index (χ0) is 14.0. The first kappa shape index (κ1) is 14.0. The second-order valence-electron chi connectivity index (χ2n) is 6.13. The molecule has 1 aliphatic heterocycles. The zero-order valence-corrected chi connectivity index (χ0v) is 12.7. The van der Waals surface area contributed by atoms with Crippen LogP contribution in [-0.2, 0) is 29.2 Å². The van der Waals surface area contributed by atoms with Crippen molar-refractivity contribution in [3.63, 3.8) is 0 Å². The molecule has 5 nitrogen and oxygen atoms in total. The molecule has 2 heterocycles. The van der Waals surface area contributed by atoms with Gasteiger partial charge in [0.05, 0.1) is 11.5 Å². The number of nitrogens with zero attached hydrogens (tertiary/aromatic N) is 3. The van der Waals surface area contributed by atoms with Gasteiger partial charge in [0.25, 0.3) is 0 Å². The normalized spacial score (nSPS) is 23.2. The predicted molar refractivity (Wildman–Crippen MR) is 77.3 cm³/mol. The number of sulfone groups is 1. The van der Waals surface area contributed by atoms with Gasteiger partial charge >= 0.3 is 0 Å². The van der Waals surface area contributed by atoms with E-state index in [9.17, 15) is 8.42 Å². The van der Waals surface area contributed by atoms with Crippen molar-refractivity contribution in [1.82, 2.24) is 14.8 Å². The third kappa shape index (κ3) is 3.22. The second kappa shape index (κ2) is 5.84. The van der Waals surface area contributed by atoms with Gasteiger partial charge in [0.1, 0.15) is 11.6 Å². The standard InChI is InChI=1S/C14H23N3O2S/c18-20(19)10-8-14-16-15-13(17(14)9-11-20)7-6-12-4-2-1-3-5-12/h12H,1-11H2. The van der Waals surface area contributed by atoms with Crippen LogP contribution in [0.4, 0.5) is 0 Å².